The number of aliphatic carboxylic acids is 1. The van der Waals surface area contributed by atoms with Gasteiger partial charge in [0.25, 0.3) is 0 Å². The van der Waals surface area contributed by atoms with Crippen LogP contribution in [0.25, 0.3) is 0 Å². The summed E-state index contributed by atoms with van der Waals surface area (Å²) in [7, 11) is 0. The van der Waals surface area contributed by atoms with E-state index < -0.39 is 5.97 Å². The third-order valence-electron chi connectivity index (χ3n) is 3.16. The van der Waals surface area contributed by atoms with Crippen molar-refractivity contribution in [2.45, 2.75) is 58.5 Å². The summed E-state index contributed by atoms with van der Waals surface area (Å²) in [6.45, 7) is 4.87. The lowest BCUT2D eigenvalue weighted by molar-refractivity contribution is -0.149. The summed E-state index contributed by atoms with van der Waals surface area (Å²) in [5, 5.41) is 9.21. The molecule has 0 spiro atoms. The van der Waals surface area contributed by atoms with Gasteiger partial charge in [-0.1, -0.05) is 39.5 Å². The van der Waals surface area contributed by atoms with E-state index in [1.54, 1.807) is 0 Å². The minimum atomic E-state index is -0.685. The van der Waals surface area contributed by atoms with E-state index in [4.69, 9.17) is 4.74 Å². The normalized spacial score (nSPS) is 27.4. The van der Waals surface area contributed by atoms with E-state index in [1.165, 1.54) is 12.8 Å². The Morgan fingerprint density at radius 2 is 1.88 bits per heavy atom. The number of carboxylic acid groups (broad SMARTS) is 1. The average molecular weight is 228 g/mol. The quantitative estimate of drug-likeness (QED) is 0.804. The summed E-state index contributed by atoms with van der Waals surface area (Å²) >= 11 is 0. The highest BCUT2D eigenvalue weighted by molar-refractivity contribution is 5.70. The van der Waals surface area contributed by atoms with Crippen LogP contribution >= 0.6 is 0 Å². The maximum absolute atomic E-state index is 11.2. The Hall–Kier alpha value is -0.570. The van der Waals surface area contributed by atoms with Crippen LogP contribution in [-0.4, -0.2) is 23.8 Å². The fourth-order valence-electron chi connectivity index (χ4n) is 2.25. The van der Waals surface area contributed by atoms with Gasteiger partial charge in [0, 0.05) is 6.61 Å². The van der Waals surface area contributed by atoms with E-state index in [1.807, 2.05) is 0 Å². The van der Waals surface area contributed by atoms with Gasteiger partial charge in [-0.05, 0) is 18.8 Å². The zero-order chi connectivity index (χ0) is 12.0. The van der Waals surface area contributed by atoms with Crippen LogP contribution in [0.15, 0.2) is 0 Å². The van der Waals surface area contributed by atoms with Gasteiger partial charge in [0.15, 0.2) is 0 Å². The van der Waals surface area contributed by atoms with Crippen molar-refractivity contribution in [3.05, 3.63) is 0 Å². The summed E-state index contributed by atoms with van der Waals surface area (Å²) in [6, 6.07) is 0. The van der Waals surface area contributed by atoms with E-state index in [-0.39, 0.29) is 12.0 Å². The zero-order valence-corrected chi connectivity index (χ0v) is 10.4. The van der Waals surface area contributed by atoms with E-state index in [2.05, 4.69) is 13.8 Å². The predicted octanol–water partition coefficient (Wildman–Crippen LogP) is 3.08. The molecule has 94 valence electrons. The molecule has 0 aliphatic heterocycles. The SMILES string of the molecule is CC(C)COC1CCCCCCC1C(=O)O. The maximum atomic E-state index is 11.2. The second kappa shape index (κ2) is 6.89. The molecule has 0 aromatic heterocycles. The van der Waals surface area contributed by atoms with Gasteiger partial charge in [-0.3, -0.25) is 4.79 Å². The van der Waals surface area contributed by atoms with Crippen LogP contribution in [0.5, 0.6) is 0 Å². The van der Waals surface area contributed by atoms with Gasteiger partial charge in [0.1, 0.15) is 0 Å². The lowest BCUT2D eigenvalue weighted by atomic mass is 9.88. The Labute approximate surface area is 98.2 Å². The molecule has 1 N–H and O–H groups in total. The molecule has 0 bridgehead atoms. The summed E-state index contributed by atoms with van der Waals surface area (Å²) in [4.78, 5) is 11.2. The van der Waals surface area contributed by atoms with Gasteiger partial charge < -0.3 is 9.84 Å². The molecule has 3 nitrogen and oxygen atoms in total. The number of rotatable bonds is 4. The fraction of sp³-hybridized carbons (Fsp3) is 0.923. The highest BCUT2D eigenvalue weighted by Crippen LogP contribution is 2.25. The molecule has 1 aliphatic rings. The lowest BCUT2D eigenvalue weighted by Crippen LogP contribution is -2.32. The number of hydrogen-bond acceptors (Lipinski definition) is 2. The first-order valence-electron chi connectivity index (χ1n) is 6.45. The van der Waals surface area contributed by atoms with E-state index in [0.717, 1.165) is 25.7 Å². The van der Waals surface area contributed by atoms with Crippen LogP contribution < -0.4 is 0 Å². The van der Waals surface area contributed by atoms with Crippen molar-refractivity contribution in [1.29, 1.82) is 0 Å². The molecule has 16 heavy (non-hydrogen) atoms. The van der Waals surface area contributed by atoms with Gasteiger partial charge in [-0.15, -0.1) is 0 Å². The van der Waals surface area contributed by atoms with Crippen LogP contribution in [0.1, 0.15) is 52.4 Å². The van der Waals surface area contributed by atoms with Crippen molar-refractivity contribution < 1.29 is 14.6 Å². The third kappa shape index (κ3) is 4.52. The summed E-state index contributed by atoms with van der Waals surface area (Å²) in [5.74, 6) is -0.505. The fourth-order valence-corrected chi connectivity index (χ4v) is 2.25. The van der Waals surface area contributed by atoms with Gasteiger partial charge >= 0.3 is 5.97 Å². The van der Waals surface area contributed by atoms with Crippen LogP contribution in [0.3, 0.4) is 0 Å². The molecule has 2 atom stereocenters. The first-order chi connectivity index (χ1) is 7.61. The van der Waals surface area contributed by atoms with Crippen LogP contribution in [0.4, 0.5) is 0 Å². The number of ether oxygens (including phenoxy) is 1. The first kappa shape index (κ1) is 13.5. The highest BCUT2D eigenvalue weighted by Gasteiger charge is 2.29. The third-order valence-corrected chi connectivity index (χ3v) is 3.16. The molecule has 0 amide bonds. The van der Waals surface area contributed by atoms with Gasteiger partial charge in [-0.25, -0.2) is 0 Å². The van der Waals surface area contributed by atoms with Gasteiger partial charge in [0.2, 0.25) is 0 Å². The van der Waals surface area contributed by atoms with Crippen molar-refractivity contribution in [2.75, 3.05) is 6.61 Å². The predicted molar refractivity (Wildman–Crippen MR) is 63.4 cm³/mol. The molecule has 0 aromatic rings. The van der Waals surface area contributed by atoms with Crippen molar-refractivity contribution >= 4 is 5.97 Å². The summed E-state index contributed by atoms with van der Waals surface area (Å²) in [5.41, 5.74) is 0. The van der Waals surface area contributed by atoms with Gasteiger partial charge in [0.05, 0.1) is 12.0 Å². The topological polar surface area (TPSA) is 46.5 Å². The largest absolute Gasteiger partial charge is 0.481 e. The number of carboxylic acids is 1. The molecule has 3 heteroatoms. The summed E-state index contributed by atoms with van der Waals surface area (Å²) in [6.07, 6.45) is 6.13. The molecule has 1 fully saturated rings. The van der Waals surface area contributed by atoms with Crippen molar-refractivity contribution in [3.8, 4) is 0 Å². The standard InChI is InChI=1S/C13H24O3/c1-10(2)9-16-12-8-6-4-3-5-7-11(12)13(14)15/h10-12H,3-9H2,1-2H3,(H,14,15). The molecule has 1 saturated carbocycles. The maximum Gasteiger partial charge on any atom is 0.309 e. The number of carbonyl (C=O) groups is 1. The molecular weight excluding hydrogens is 204 g/mol. The lowest BCUT2D eigenvalue weighted by Gasteiger charge is -2.27. The van der Waals surface area contributed by atoms with Crippen molar-refractivity contribution in [1.82, 2.24) is 0 Å². The Balaban J connectivity index is 2.53. The second-order valence-electron chi connectivity index (χ2n) is 5.20. The Bertz CT molecular complexity index is 213. The van der Waals surface area contributed by atoms with Crippen LogP contribution in [0.2, 0.25) is 0 Å². The average Bonchev–Trinajstić information content (AvgIpc) is 2.15. The molecule has 2 unspecified atom stereocenters. The van der Waals surface area contributed by atoms with Crippen molar-refractivity contribution in [2.24, 2.45) is 11.8 Å². The smallest absolute Gasteiger partial charge is 0.309 e. The first-order valence-corrected chi connectivity index (χ1v) is 6.45. The number of hydrogen-bond donors (Lipinski definition) is 1. The van der Waals surface area contributed by atoms with Gasteiger partial charge in [-0.2, -0.15) is 0 Å². The van der Waals surface area contributed by atoms with E-state index in [9.17, 15) is 9.90 Å². The van der Waals surface area contributed by atoms with Crippen LogP contribution in [0, 0.1) is 11.8 Å². The van der Waals surface area contributed by atoms with Crippen molar-refractivity contribution in [3.63, 3.8) is 0 Å². The van der Waals surface area contributed by atoms with Crippen LogP contribution in [-0.2, 0) is 9.53 Å². The highest BCUT2D eigenvalue weighted by atomic mass is 16.5. The minimum Gasteiger partial charge on any atom is -0.481 e. The molecule has 0 heterocycles. The molecule has 0 saturated heterocycles. The molecule has 1 aliphatic carbocycles. The zero-order valence-electron chi connectivity index (χ0n) is 10.4. The molecule has 0 radical (unpaired) electrons. The Morgan fingerprint density at radius 1 is 1.25 bits per heavy atom. The van der Waals surface area contributed by atoms with E-state index in [0.29, 0.717) is 12.5 Å². The molecule has 0 aromatic carbocycles. The summed E-state index contributed by atoms with van der Waals surface area (Å²) < 4.78 is 5.77. The Kier molecular flexibility index (Phi) is 5.81. The second-order valence-corrected chi connectivity index (χ2v) is 5.20. The Morgan fingerprint density at radius 3 is 2.44 bits per heavy atom. The minimum absolute atomic E-state index is 0.0693. The monoisotopic (exact) mass is 228 g/mol. The molecule has 1 rings (SSSR count). The van der Waals surface area contributed by atoms with E-state index >= 15 is 0 Å². The molecular formula is C13H24O3.